The second-order valence-electron chi connectivity index (χ2n) is 4.46. The first kappa shape index (κ1) is 12.2. The number of ether oxygens (including phenoxy) is 1. The van der Waals surface area contributed by atoms with Gasteiger partial charge in [0.1, 0.15) is 5.75 Å². The van der Waals surface area contributed by atoms with Crippen molar-refractivity contribution in [1.29, 1.82) is 0 Å². The van der Waals surface area contributed by atoms with E-state index in [1.165, 1.54) is 11.1 Å². The molecule has 0 atom stereocenters. The van der Waals surface area contributed by atoms with Crippen LogP contribution in [0.3, 0.4) is 0 Å². The molecule has 0 bridgehead atoms. The van der Waals surface area contributed by atoms with Crippen molar-refractivity contribution in [3.63, 3.8) is 0 Å². The molecular formula is C13H11Br2NO2. The van der Waals surface area contributed by atoms with Gasteiger partial charge in [-0.25, -0.2) is 0 Å². The number of rotatable bonds is 1. The van der Waals surface area contributed by atoms with Crippen LogP contribution in [0.15, 0.2) is 15.0 Å². The largest absolute Gasteiger partial charge is 0.492 e. The third-order valence-electron chi connectivity index (χ3n) is 3.42. The van der Waals surface area contributed by atoms with E-state index < -0.39 is 0 Å². The van der Waals surface area contributed by atoms with Gasteiger partial charge in [0.25, 0.3) is 0 Å². The number of primary amides is 1. The molecule has 0 radical (unpaired) electrons. The van der Waals surface area contributed by atoms with E-state index in [0.717, 1.165) is 45.1 Å². The van der Waals surface area contributed by atoms with Crippen molar-refractivity contribution in [2.75, 3.05) is 6.61 Å². The first-order valence-electron chi connectivity index (χ1n) is 5.75. The van der Waals surface area contributed by atoms with Crippen molar-refractivity contribution in [2.45, 2.75) is 19.3 Å². The maximum absolute atomic E-state index is 11.1. The zero-order chi connectivity index (χ0) is 12.9. The molecule has 3 nitrogen and oxygen atoms in total. The Morgan fingerprint density at radius 1 is 1.17 bits per heavy atom. The number of amides is 1. The van der Waals surface area contributed by atoms with Crippen molar-refractivity contribution >= 4 is 43.3 Å². The van der Waals surface area contributed by atoms with E-state index >= 15 is 0 Å². The van der Waals surface area contributed by atoms with Gasteiger partial charge in [0.15, 0.2) is 0 Å². The predicted molar refractivity (Wildman–Crippen MR) is 76.5 cm³/mol. The highest BCUT2D eigenvalue weighted by Gasteiger charge is 2.30. The summed E-state index contributed by atoms with van der Waals surface area (Å²) < 4.78 is 7.68. The lowest BCUT2D eigenvalue weighted by Crippen LogP contribution is -2.07. The molecule has 0 spiro atoms. The summed E-state index contributed by atoms with van der Waals surface area (Å²) in [7, 11) is 0. The van der Waals surface area contributed by atoms with Crippen LogP contribution in [0.25, 0.3) is 5.57 Å². The second-order valence-corrected chi connectivity index (χ2v) is 6.05. The number of carbonyl (C=O) groups is 1. The fraction of sp³-hybridized carbons (Fsp3) is 0.308. The van der Waals surface area contributed by atoms with Gasteiger partial charge in [-0.1, -0.05) is 0 Å². The smallest absolute Gasteiger partial charge is 0.241 e. The molecule has 1 aromatic rings. The number of benzene rings is 1. The number of hydrogen-bond acceptors (Lipinski definition) is 2. The number of fused-ring (bicyclic) bond motifs is 3. The maximum Gasteiger partial charge on any atom is 0.241 e. The minimum absolute atomic E-state index is 0.385. The second kappa shape index (κ2) is 4.38. The van der Waals surface area contributed by atoms with Crippen LogP contribution in [0.5, 0.6) is 5.75 Å². The van der Waals surface area contributed by atoms with E-state index in [2.05, 4.69) is 31.9 Å². The van der Waals surface area contributed by atoms with Crippen molar-refractivity contribution in [1.82, 2.24) is 0 Å². The van der Waals surface area contributed by atoms with Crippen LogP contribution in [0.1, 0.15) is 23.1 Å². The lowest BCUT2D eigenvalue weighted by atomic mass is 9.98. The number of allylic oxidation sites excluding steroid dienone is 1. The van der Waals surface area contributed by atoms with Gasteiger partial charge in [0, 0.05) is 22.5 Å². The standard InChI is InChI=1S/C13H11Br2NO2/c14-11-7-2-1-6(5-9(16)17)10(7)8-3-4-18-13(8)12(11)15/h5H,1-4H2,(H2,16,17). The molecule has 0 unspecified atom stereocenters. The number of halogens is 2. The fourth-order valence-corrected chi connectivity index (χ4v) is 3.91. The van der Waals surface area contributed by atoms with Crippen LogP contribution in [0.4, 0.5) is 0 Å². The van der Waals surface area contributed by atoms with E-state index in [4.69, 9.17) is 10.5 Å². The number of hydrogen-bond donors (Lipinski definition) is 1. The Kier molecular flexibility index (Phi) is 2.98. The molecular weight excluding hydrogens is 362 g/mol. The molecule has 5 heteroatoms. The Morgan fingerprint density at radius 2 is 1.94 bits per heavy atom. The molecule has 1 amide bonds. The van der Waals surface area contributed by atoms with E-state index in [1.54, 1.807) is 6.08 Å². The third kappa shape index (κ3) is 1.72. The quantitative estimate of drug-likeness (QED) is 0.770. The summed E-state index contributed by atoms with van der Waals surface area (Å²) in [5, 5.41) is 0. The van der Waals surface area contributed by atoms with Gasteiger partial charge in [-0.15, -0.1) is 0 Å². The topological polar surface area (TPSA) is 52.3 Å². The first-order chi connectivity index (χ1) is 8.59. The Balaban J connectivity index is 2.28. The van der Waals surface area contributed by atoms with Gasteiger partial charge in [-0.3, -0.25) is 4.79 Å². The minimum Gasteiger partial charge on any atom is -0.492 e. The summed E-state index contributed by atoms with van der Waals surface area (Å²) in [5.41, 5.74) is 9.92. The SMILES string of the molecule is NC(=O)C=C1CCc2c(Br)c(Br)c3c(c21)CCO3. The molecule has 2 N–H and O–H groups in total. The molecule has 18 heavy (non-hydrogen) atoms. The highest BCUT2D eigenvalue weighted by molar-refractivity contribution is 9.13. The summed E-state index contributed by atoms with van der Waals surface area (Å²) in [6, 6.07) is 0. The molecule has 0 saturated heterocycles. The van der Waals surface area contributed by atoms with Gasteiger partial charge < -0.3 is 10.5 Å². The van der Waals surface area contributed by atoms with Crippen molar-refractivity contribution in [3.8, 4) is 5.75 Å². The number of carbonyl (C=O) groups excluding carboxylic acids is 1. The average molecular weight is 373 g/mol. The lowest BCUT2D eigenvalue weighted by molar-refractivity contribution is -0.113. The molecule has 2 aliphatic rings. The van der Waals surface area contributed by atoms with Crippen LogP contribution >= 0.6 is 31.9 Å². The molecule has 1 heterocycles. The monoisotopic (exact) mass is 371 g/mol. The molecule has 94 valence electrons. The number of nitrogens with two attached hydrogens (primary N) is 1. The van der Waals surface area contributed by atoms with Crippen LogP contribution in [-0.2, 0) is 17.6 Å². The van der Waals surface area contributed by atoms with Crippen LogP contribution in [0.2, 0.25) is 0 Å². The zero-order valence-corrected chi connectivity index (χ0v) is 12.7. The van der Waals surface area contributed by atoms with Crippen LogP contribution in [-0.4, -0.2) is 12.5 Å². The van der Waals surface area contributed by atoms with Gasteiger partial charge in [0.05, 0.1) is 11.1 Å². The third-order valence-corrected chi connectivity index (χ3v) is 5.58. The average Bonchev–Trinajstić information content (AvgIpc) is 2.91. The predicted octanol–water partition coefficient (Wildman–Crippen LogP) is 2.96. The zero-order valence-electron chi connectivity index (χ0n) is 9.56. The summed E-state index contributed by atoms with van der Waals surface area (Å²) in [6.07, 6.45) is 4.23. The molecule has 1 aliphatic carbocycles. The Labute approximate surface area is 122 Å². The Hall–Kier alpha value is -0.810. The molecule has 0 saturated carbocycles. The fourth-order valence-electron chi connectivity index (χ4n) is 2.74. The first-order valence-corrected chi connectivity index (χ1v) is 7.34. The maximum atomic E-state index is 11.1. The lowest BCUT2D eigenvalue weighted by Gasteiger charge is -2.12. The van der Waals surface area contributed by atoms with Gasteiger partial charge in [-0.05, 0) is 61.4 Å². The molecule has 1 aromatic carbocycles. The summed E-state index contributed by atoms with van der Waals surface area (Å²) in [5.74, 6) is 0.516. The van der Waals surface area contributed by atoms with E-state index in [9.17, 15) is 4.79 Å². The molecule has 0 fully saturated rings. The van der Waals surface area contributed by atoms with Crippen molar-refractivity contribution in [2.24, 2.45) is 5.73 Å². The van der Waals surface area contributed by atoms with Gasteiger partial charge >= 0.3 is 0 Å². The van der Waals surface area contributed by atoms with Gasteiger partial charge in [0.2, 0.25) is 5.91 Å². The van der Waals surface area contributed by atoms with Gasteiger partial charge in [-0.2, -0.15) is 0 Å². The molecule has 3 rings (SSSR count). The van der Waals surface area contributed by atoms with E-state index in [1.807, 2.05) is 0 Å². The summed E-state index contributed by atoms with van der Waals surface area (Å²) in [4.78, 5) is 11.1. The van der Waals surface area contributed by atoms with E-state index in [0.29, 0.717) is 6.61 Å². The highest BCUT2D eigenvalue weighted by Crippen LogP contribution is 2.49. The molecule has 0 aromatic heterocycles. The Bertz CT molecular complexity index is 593. The summed E-state index contributed by atoms with van der Waals surface area (Å²) in [6.45, 7) is 0.695. The normalized spacial score (nSPS) is 18.7. The molecule has 1 aliphatic heterocycles. The van der Waals surface area contributed by atoms with Crippen LogP contribution in [0, 0.1) is 0 Å². The summed E-state index contributed by atoms with van der Waals surface area (Å²) >= 11 is 7.18. The minimum atomic E-state index is -0.385. The van der Waals surface area contributed by atoms with Crippen molar-refractivity contribution in [3.05, 3.63) is 31.7 Å². The Morgan fingerprint density at radius 3 is 2.67 bits per heavy atom. The van der Waals surface area contributed by atoms with Crippen LogP contribution < -0.4 is 10.5 Å². The highest BCUT2D eigenvalue weighted by atomic mass is 79.9. The van der Waals surface area contributed by atoms with Crippen molar-refractivity contribution < 1.29 is 9.53 Å². The van der Waals surface area contributed by atoms with E-state index in [-0.39, 0.29) is 5.91 Å².